The molecule has 0 fully saturated rings. The lowest BCUT2D eigenvalue weighted by Gasteiger charge is -2.15. The molecule has 0 spiro atoms. The molecule has 0 bridgehead atoms. The van der Waals surface area contributed by atoms with Crippen molar-refractivity contribution in [1.82, 2.24) is 0 Å². The molecule has 1 N–H and O–H groups in total. The van der Waals surface area contributed by atoms with Crippen LogP contribution < -0.4 is 15.0 Å². The molecule has 0 saturated carbocycles. The molecule has 0 aromatic heterocycles. The maximum absolute atomic E-state index is 12.1. The van der Waals surface area contributed by atoms with Gasteiger partial charge in [0.1, 0.15) is 5.75 Å². The Balaban J connectivity index is 2.02. The maximum Gasteiger partial charge on any atom is 0.228 e. The van der Waals surface area contributed by atoms with E-state index in [1.54, 1.807) is 43.3 Å². The summed E-state index contributed by atoms with van der Waals surface area (Å²) >= 11 is 0. The van der Waals surface area contributed by atoms with Crippen LogP contribution in [0.5, 0.6) is 5.75 Å². The number of anilines is 2. The quantitative estimate of drug-likeness (QED) is 0.923. The number of carbonyl (C=O) groups is 2. The number of rotatable bonds is 5. The zero-order valence-corrected chi connectivity index (χ0v) is 13.5. The highest BCUT2D eigenvalue weighted by Crippen LogP contribution is 2.20. The number of hydrogen-bond donors (Lipinski definition) is 1. The fourth-order valence-corrected chi connectivity index (χ4v) is 2.18. The summed E-state index contributed by atoms with van der Waals surface area (Å²) < 4.78 is 5.24. The predicted octanol–water partition coefficient (Wildman–Crippen LogP) is 2.86. The molecule has 2 aromatic rings. The first-order valence-corrected chi connectivity index (χ1v) is 7.27. The van der Waals surface area contributed by atoms with Gasteiger partial charge in [-0.25, -0.2) is 0 Å². The van der Waals surface area contributed by atoms with Crippen LogP contribution in [0.15, 0.2) is 48.5 Å². The molecule has 0 heterocycles. The topological polar surface area (TPSA) is 58.6 Å². The molecule has 0 aliphatic carbocycles. The largest absolute Gasteiger partial charge is 0.496 e. The summed E-state index contributed by atoms with van der Waals surface area (Å²) in [6, 6.07) is 14.6. The average molecular weight is 312 g/mol. The van der Waals surface area contributed by atoms with Crippen LogP contribution in [-0.4, -0.2) is 26.0 Å². The van der Waals surface area contributed by atoms with Crippen molar-refractivity contribution in [2.45, 2.75) is 13.3 Å². The van der Waals surface area contributed by atoms with E-state index in [0.29, 0.717) is 11.4 Å². The van der Waals surface area contributed by atoms with Crippen LogP contribution in [0.2, 0.25) is 0 Å². The Morgan fingerprint density at radius 2 is 1.74 bits per heavy atom. The van der Waals surface area contributed by atoms with Gasteiger partial charge in [0.05, 0.1) is 13.5 Å². The summed E-state index contributed by atoms with van der Waals surface area (Å²) in [6.07, 6.45) is 0.235. The summed E-state index contributed by atoms with van der Waals surface area (Å²) in [4.78, 5) is 25.0. The van der Waals surface area contributed by atoms with Crippen molar-refractivity contribution in [3.63, 3.8) is 0 Å². The monoisotopic (exact) mass is 312 g/mol. The number of ether oxygens (including phenoxy) is 1. The molecular formula is C18H20N2O3. The summed E-state index contributed by atoms with van der Waals surface area (Å²) in [6.45, 7) is 1.50. The van der Waals surface area contributed by atoms with Gasteiger partial charge in [-0.3, -0.25) is 9.59 Å². The number of para-hydroxylation sites is 1. The predicted molar refractivity (Wildman–Crippen MR) is 90.9 cm³/mol. The van der Waals surface area contributed by atoms with Crippen molar-refractivity contribution < 1.29 is 14.3 Å². The van der Waals surface area contributed by atoms with Crippen molar-refractivity contribution in [2.75, 3.05) is 24.4 Å². The Labute approximate surface area is 135 Å². The van der Waals surface area contributed by atoms with Crippen LogP contribution in [0.25, 0.3) is 0 Å². The van der Waals surface area contributed by atoms with Crippen LogP contribution in [0.4, 0.5) is 11.4 Å². The molecule has 120 valence electrons. The molecule has 2 amide bonds. The van der Waals surface area contributed by atoms with E-state index >= 15 is 0 Å². The van der Waals surface area contributed by atoms with Crippen LogP contribution in [0.3, 0.4) is 0 Å². The summed E-state index contributed by atoms with van der Waals surface area (Å²) in [5, 5.41) is 2.84. The van der Waals surface area contributed by atoms with E-state index < -0.39 is 0 Å². The molecule has 2 rings (SSSR count). The minimum absolute atomic E-state index is 0.0436. The zero-order valence-electron chi connectivity index (χ0n) is 13.5. The van der Waals surface area contributed by atoms with Crippen LogP contribution in [-0.2, 0) is 16.0 Å². The highest BCUT2D eigenvalue weighted by Gasteiger charge is 2.09. The van der Waals surface area contributed by atoms with Gasteiger partial charge < -0.3 is 15.0 Å². The summed E-state index contributed by atoms with van der Waals surface area (Å²) in [7, 11) is 3.29. The fraction of sp³-hybridized carbons (Fsp3) is 0.222. The van der Waals surface area contributed by atoms with E-state index in [9.17, 15) is 9.59 Å². The number of methoxy groups -OCH3 is 1. The smallest absolute Gasteiger partial charge is 0.228 e. The second-order valence-corrected chi connectivity index (χ2v) is 5.16. The molecule has 5 heteroatoms. The van der Waals surface area contributed by atoms with Gasteiger partial charge in [-0.15, -0.1) is 0 Å². The molecule has 23 heavy (non-hydrogen) atoms. The zero-order chi connectivity index (χ0) is 16.8. The van der Waals surface area contributed by atoms with Gasteiger partial charge in [0.15, 0.2) is 0 Å². The van der Waals surface area contributed by atoms with Crippen LogP contribution in [0, 0.1) is 0 Å². The SMILES string of the molecule is COc1ccccc1CC(=O)Nc1ccc(N(C)C(C)=O)cc1. The molecular weight excluding hydrogens is 292 g/mol. The third-order valence-corrected chi connectivity index (χ3v) is 3.55. The third kappa shape index (κ3) is 4.32. The molecule has 0 aliphatic heterocycles. The lowest BCUT2D eigenvalue weighted by atomic mass is 10.1. The normalized spacial score (nSPS) is 10.0. The number of amides is 2. The number of benzene rings is 2. The second-order valence-electron chi connectivity index (χ2n) is 5.16. The Kier molecular flexibility index (Phi) is 5.36. The molecule has 5 nitrogen and oxygen atoms in total. The Morgan fingerprint density at radius 3 is 2.35 bits per heavy atom. The highest BCUT2D eigenvalue weighted by molar-refractivity contribution is 5.94. The molecule has 0 radical (unpaired) electrons. The van der Waals surface area contributed by atoms with Crippen molar-refractivity contribution in [2.24, 2.45) is 0 Å². The minimum atomic E-state index is -0.123. The van der Waals surface area contributed by atoms with E-state index in [4.69, 9.17) is 4.74 Å². The van der Waals surface area contributed by atoms with Crippen molar-refractivity contribution in [3.8, 4) is 5.75 Å². The Morgan fingerprint density at radius 1 is 1.09 bits per heavy atom. The third-order valence-electron chi connectivity index (χ3n) is 3.55. The first kappa shape index (κ1) is 16.5. The Hall–Kier alpha value is -2.82. The molecule has 0 unspecified atom stereocenters. The van der Waals surface area contributed by atoms with E-state index in [1.807, 2.05) is 24.3 Å². The highest BCUT2D eigenvalue weighted by atomic mass is 16.5. The van der Waals surface area contributed by atoms with Gasteiger partial charge in [0, 0.05) is 30.9 Å². The van der Waals surface area contributed by atoms with E-state index in [1.165, 1.54) is 6.92 Å². The minimum Gasteiger partial charge on any atom is -0.496 e. The van der Waals surface area contributed by atoms with Gasteiger partial charge >= 0.3 is 0 Å². The lowest BCUT2D eigenvalue weighted by molar-refractivity contribution is -0.116. The Bertz CT molecular complexity index is 696. The van der Waals surface area contributed by atoms with Crippen LogP contribution in [0.1, 0.15) is 12.5 Å². The van der Waals surface area contributed by atoms with Gasteiger partial charge in [-0.05, 0) is 30.3 Å². The summed E-state index contributed by atoms with van der Waals surface area (Å²) in [5.74, 6) is 0.529. The van der Waals surface area contributed by atoms with Crippen molar-refractivity contribution in [1.29, 1.82) is 0 Å². The molecule has 0 atom stereocenters. The number of nitrogens with one attached hydrogen (secondary N) is 1. The lowest BCUT2D eigenvalue weighted by Crippen LogP contribution is -2.22. The number of hydrogen-bond acceptors (Lipinski definition) is 3. The number of nitrogens with zero attached hydrogens (tertiary/aromatic N) is 1. The van der Waals surface area contributed by atoms with Crippen molar-refractivity contribution >= 4 is 23.2 Å². The first-order chi connectivity index (χ1) is 11.0. The molecule has 0 saturated heterocycles. The standard InChI is InChI=1S/C18H20N2O3/c1-13(21)20(2)16-10-8-15(9-11-16)19-18(22)12-14-6-4-5-7-17(14)23-3/h4-11H,12H2,1-3H3,(H,19,22). The van der Waals surface area contributed by atoms with Gasteiger partial charge in [0.25, 0.3) is 0 Å². The van der Waals surface area contributed by atoms with E-state index in [-0.39, 0.29) is 18.2 Å². The maximum atomic E-state index is 12.1. The van der Waals surface area contributed by atoms with Gasteiger partial charge in [-0.2, -0.15) is 0 Å². The number of carbonyl (C=O) groups excluding carboxylic acids is 2. The first-order valence-electron chi connectivity index (χ1n) is 7.27. The van der Waals surface area contributed by atoms with Gasteiger partial charge in [-0.1, -0.05) is 18.2 Å². The molecule has 2 aromatic carbocycles. The van der Waals surface area contributed by atoms with Gasteiger partial charge in [0.2, 0.25) is 11.8 Å². The summed E-state index contributed by atoms with van der Waals surface area (Å²) in [5.41, 5.74) is 2.30. The molecule has 0 aliphatic rings. The van der Waals surface area contributed by atoms with E-state index in [0.717, 1.165) is 11.3 Å². The fourth-order valence-electron chi connectivity index (χ4n) is 2.18. The van der Waals surface area contributed by atoms with E-state index in [2.05, 4.69) is 5.32 Å². The van der Waals surface area contributed by atoms with Crippen LogP contribution >= 0.6 is 0 Å². The van der Waals surface area contributed by atoms with Crippen molar-refractivity contribution in [3.05, 3.63) is 54.1 Å². The average Bonchev–Trinajstić information content (AvgIpc) is 2.55. The second kappa shape index (κ2) is 7.45.